The highest BCUT2D eigenvalue weighted by molar-refractivity contribution is 6.30. The smallest absolute Gasteiger partial charge is 0.307 e. The van der Waals surface area contributed by atoms with Crippen molar-refractivity contribution in [3.05, 3.63) is 130 Å². The number of carboxylic acid groups (broad SMARTS) is 1. The molecule has 1 aliphatic heterocycles. The molecule has 2 heterocycles. The van der Waals surface area contributed by atoms with Crippen molar-refractivity contribution in [2.24, 2.45) is 0 Å². The summed E-state index contributed by atoms with van der Waals surface area (Å²) in [6.07, 6.45) is 3.16. The number of carboxylic acids is 1. The summed E-state index contributed by atoms with van der Waals surface area (Å²) in [7, 11) is 0. The van der Waals surface area contributed by atoms with E-state index in [1.807, 2.05) is 77.7 Å². The molecule has 1 fully saturated rings. The number of amides is 1. The molecule has 1 amide bonds. The van der Waals surface area contributed by atoms with Gasteiger partial charge in [0.15, 0.2) is 0 Å². The van der Waals surface area contributed by atoms with Crippen molar-refractivity contribution in [2.45, 2.75) is 38.0 Å². The fourth-order valence-electron chi connectivity index (χ4n) is 5.89. The second kappa shape index (κ2) is 12.8. The molecule has 0 spiro atoms. The molecule has 1 aliphatic rings. The first kappa shape index (κ1) is 28.6. The summed E-state index contributed by atoms with van der Waals surface area (Å²) in [5.41, 5.74) is 7.65. The number of hydrogen-bond donors (Lipinski definition) is 1. The summed E-state index contributed by atoms with van der Waals surface area (Å²) in [6, 6.07) is 31.3. The van der Waals surface area contributed by atoms with E-state index in [1.54, 1.807) is 0 Å². The molecule has 1 aromatic heterocycles. The van der Waals surface area contributed by atoms with Crippen LogP contribution in [0.3, 0.4) is 0 Å². The monoisotopic (exact) mass is 589 g/mol. The summed E-state index contributed by atoms with van der Waals surface area (Å²) in [5, 5.41) is 9.84. The minimum atomic E-state index is -0.853. The van der Waals surface area contributed by atoms with Crippen LogP contribution in [0.5, 0.6) is 0 Å². The lowest BCUT2D eigenvalue weighted by Crippen LogP contribution is -2.37. The maximum atomic E-state index is 13.5. The summed E-state index contributed by atoms with van der Waals surface area (Å²) in [5.74, 6) is -0.353. The Hall–Kier alpha value is -4.55. The third-order valence-corrected chi connectivity index (χ3v) is 8.40. The van der Waals surface area contributed by atoms with E-state index in [2.05, 4.69) is 24.3 Å². The Bertz CT molecular complexity index is 1760. The third-order valence-electron chi connectivity index (χ3n) is 8.15. The fraction of sp³-hybridized carbons (Fsp3) is 0.222. The lowest BCUT2D eigenvalue weighted by molar-refractivity contribution is -0.136. The van der Waals surface area contributed by atoms with Gasteiger partial charge in [0, 0.05) is 29.2 Å². The molecule has 0 unspecified atom stereocenters. The van der Waals surface area contributed by atoms with Crippen molar-refractivity contribution in [3.63, 3.8) is 0 Å². The van der Waals surface area contributed by atoms with Crippen LogP contribution < -0.4 is 0 Å². The maximum absolute atomic E-state index is 13.5. The van der Waals surface area contributed by atoms with Crippen molar-refractivity contribution in [1.82, 2.24) is 14.9 Å². The number of aliphatic carboxylic acids is 1. The Labute approximate surface area is 256 Å². The van der Waals surface area contributed by atoms with Gasteiger partial charge in [-0.25, -0.2) is 9.97 Å². The van der Waals surface area contributed by atoms with Gasteiger partial charge in [-0.1, -0.05) is 78.3 Å². The van der Waals surface area contributed by atoms with Gasteiger partial charge in [0.25, 0.3) is 5.91 Å². The lowest BCUT2D eigenvalue weighted by Gasteiger charge is -2.32. The third kappa shape index (κ3) is 6.76. The lowest BCUT2D eigenvalue weighted by atomic mass is 9.89. The molecule has 0 bridgehead atoms. The highest BCUT2D eigenvalue weighted by Crippen LogP contribution is 2.30. The Kier molecular flexibility index (Phi) is 8.47. The number of nitrogens with zero attached hydrogens (tertiary/aromatic N) is 3. The van der Waals surface area contributed by atoms with Crippen LogP contribution in [0.25, 0.3) is 22.3 Å². The zero-order valence-corrected chi connectivity index (χ0v) is 24.5. The van der Waals surface area contributed by atoms with Crippen LogP contribution in [0.1, 0.15) is 51.5 Å². The summed E-state index contributed by atoms with van der Waals surface area (Å²) in [4.78, 5) is 36.7. The fourth-order valence-corrected chi connectivity index (χ4v) is 6.02. The standard InChI is InChI=1S/C36H32ClN3O3/c37-30-13-10-28(11-14-30)35-32(15-9-24-5-4-6-25(21-24)22-34(41)42)38-33-23-29(12-16-31(33)39-35)36(43)40-19-17-27(18-20-40)26-7-2-1-3-8-26/h1-8,10-14,16,21,23,27H,9,15,17-20,22H2,(H,41,42). The van der Waals surface area contributed by atoms with Crippen LogP contribution in [0.2, 0.25) is 5.02 Å². The highest BCUT2D eigenvalue weighted by atomic mass is 35.5. The summed E-state index contributed by atoms with van der Waals surface area (Å²) >= 11 is 6.16. The van der Waals surface area contributed by atoms with E-state index in [0.29, 0.717) is 34.9 Å². The molecule has 216 valence electrons. The van der Waals surface area contributed by atoms with Gasteiger partial charge in [0.2, 0.25) is 0 Å². The van der Waals surface area contributed by atoms with Crippen LogP contribution >= 0.6 is 11.6 Å². The zero-order valence-electron chi connectivity index (χ0n) is 23.7. The molecule has 6 rings (SSSR count). The second-order valence-electron chi connectivity index (χ2n) is 11.1. The molecule has 4 aromatic carbocycles. The van der Waals surface area contributed by atoms with E-state index >= 15 is 0 Å². The van der Waals surface area contributed by atoms with Crippen LogP contribution in [-0.4, -0.2) is 44.9 Å². The van der Waals surface area contributed by atoms with Gasteiger partial charge in [0.1, 0.15) is 0 Å². The average Bonchev–Trinajstić information content (AvgIpc) is 3.03. The van der Waals surface area contributed by atoms with Crippen LogP contribution in [0.15, 0.2) is 97.1 Å². The molecule has 5 aromatic rings. The molecule has 0 aliphatic carbocycles. The van der Waals surface area contributed by atoms with Gasteiger partial charge >= 0.3 is 5.97 Å². The minimum Gasteiger partial charge on any atom is -0.481 e. The SMILES string of the molecule is O=C(O)Cc1cccc(CCc2nc3cc(C(=O)N4CCC(c5ccccc5)CC4)ccc3nc2-c2ccc(Cl)cc2)c1. The van der Waals surface area contributed by atoms with Gasteiger partial charge in [-0.15, -0.1) is 0 Å². The molecule has 0 atom stereocenters. The minimum absolute atomic E-state index is 0.0135. The van der Waals surface area contributed by atoms with Crippen molar-refractivity contribution >= 4 is 34.5 Å². The molecular weight excluding hydrogens is 558 g/mol. The number of hydrogen-bond acceptors (Lipinski definition) is 4. The molecule has 0 radical (unpaired) electrons. The van der Waals surface area contributed by atoms with Crippen molar-refractivity contribution in [1.29, 1.82) is 0 Å². The number of aromatic nitrogens is 2. The number of carbonyl (C=O) groups is 2. The first-order valence-corrected chi connectivity index (χ1v) is 15.0. The Morgan fingerprint density at radius 3 is 2.28 bits per heavy atom. The van der Waals surface area contributed by atoms with Crippen LogP contribution in [0.4, 0.5) is 0 Å². The topological polar surface area (TPSA) is 83.4 Å². The number of piperidine rings is 1. The van der Waals surface area contributed by atoms with E-state index in [0.717, 1.165) is 59.5 Å². The quantitative estimate of drug-likeness (QED) is 0.204. The molecule has 0 saturated carbocycles. The predicted molar refractivity (Wildman–Crippen MR) is 169 cm³/mol. The van der Waals surface area contributed by atoms with E-state index in [4.69, 9.17) is 21.6 Å². The highest BCUT2D eigenvalue weighted by Gasteiger charge is 2.25. The largest absolute Gasteiger partial charge is 0.481 e. The van der Waals surface area contributed by atoms with Crippen molar-refractivity contribution in [2.75, 3.05) is 13.1 Å². The average molecular weight is 590 g/mol. The van der Waals surface area contributed by atoms with Crippen molar-refractivity contribution < 1.29 is 14.7 Å². The molecule has 6 nitrogen and oxygen atoms in total. The summed E-state index contributed by atoms with van der Waals surface area (Å²) in [6.45, 7) is 1.45. The van der Waals surface area contributed by atoms with Crippen LogP contribution in [0, 0.1) is 0 Å². The first-order chi connectivity index (χ1) is 20.9. The number of aryl methyl sites for hydroxylation is 2. The molecule has 7 heteroatoms. The molecule has 1 saturated heterocycles. The molecule has 43 heavy (non-hydrogen) atoms. The van der Waals surface area contributed by atoms with Gasteiger partial charge in [0.05, 0.1) is 28.8 Å². The number of halogens is 1. The van der Waals surface area contributed by atoms with Gasteiger partial charge < -0.3 is 10.0 Å². The van der Waals surface area contributed by atoms with E-state index < -0.39 is 5.97 Å². The predicted octanol–water partition coefficient (Wildman–Crippen LogP) is 7.38. The van der Waals surface area contributed by atoms with Crippen molar-refractivity contribution in [3.8, 4) is 11.3 Å². The van der Waals surface area contributed by atoms with Gasteiger partial charge in [-0.05, 0) is 78.6 Å². The van der Waals surface area contributed by atoms with Gasteiger partial charge in [-0.3, -0.25) is 9.59 Å². The first-order valence-electron chi connectivity index (χ1n) is 14.6. The van der Waals surface area contributed by atoms with E-state index in [-0.39, 0.29) is 12.3 Å². The maximum Gasteiger partial charge on any atom is 0.307 e. The Balaban J connectivity index is 1.26. The number of benzene rings is 4. The molecule has 1 N–H and O–H groups in total. The number of fused-ring (bicyclic) bond motifs is 1. The normalized spacial score (nSPS) is 13.7. The molecular formula is C36H32ClN3O3. The second-order valence-corrected chi connectivity index (χ2v) is 11.5. The Morgan fingerprint density at radius 2 is 1.53 bits per heavy atom. The number of rotatable bonds is 8. The zero-order chi connectivity index (χ0) is 29.8. The van der Waals surface area contributed by atoms with Gasteiger partial charge in [-0.2, -0.15) is 0 Å². The number of carbonyl (C=O) groups excluding carboxylic acids is 1. The summed E-state index contributed by atoms with van der Waals surface area (Å²) < 4.78 is 0. The van der Waals surface area contributed by atoms with Crippen LogP contribution in [-0.2, 0) is 24.1 Å². The Morgan fingerprint density at radius 1 is 0.791 bits per heavy atom. The van der Waals surface area contributed by atoms with E-state index in [1.165, 1.54) is 5.56 Å². The van der Waals surface area contributed by atoms with E-state index in [9.17, 15) is 14.7 Å². The number of likely N-dealkylation sites (tertiary alicyclic amines) is 1.